The maximum absolute atomic E-state index is 4.70. The zero-order chi connectivity index (χ0) is 25.8. The molecule has 1 aliphatic rings. The summed E-state index contributed by atoms with van der Waals surface area (Å²) in [7, 11) is 0. The first-order valence-electron chi connectivity index (χ1n) is 12.9. The van der Waals surface area contributed by atoms with Gasteiger partial charge in [0.1, 0.15) is 0 Å². The standard InChI is InChI=1S/C33H39N3/c1-32(2,3)30-21-28(22-31(35-34-30)33(4,5)6)27-17-19-29(20-18-27)36(23-25-13-9-7-10-14-25)24-26-15-11-8-12-16-26/h7-21H,22-24H2,1-6H3. The van der Waals surface area contributed by atoms with E-state index in [1.54, 1.807) is 0 Å². The van der Waals surface area contributed by atoms with Crippen molar-refractivity contribution in [2.75, 3.05) is 4.90 Å². The van der Waals surface area contributed by atoms with Gasteiger partial charge in [-0.25, -0.2) is 0 Å². The molecule has 0 spiro atoms. The van der Waals surface area contributed by atoms with Crippen LogP contribution in [0.2, 0.25) is 0 Å². The van der Waals surface area contributed by atoms with E-state index in [-0.39, 0.29) is 10.8 Å². The molecule has 1 heterocycles. The molecule has 3 nitrogen and oxygen atoms in total. The van der Waals surface area contributed by atoms with Crippen molar-refractivity contribution in [2.24, 2.45) is 21.0 Å². The topological polar surface area (TPSA) is 28.0 Å². The largest absolute Gasteiger partial charge is 0.363 e. The molecule has 0 unspecified atom stereocenters. The monoisotopic (exact) mass is 477 g/mol. The number of allylic oxidation sites excluding steroid dienone is 2. The molecular formula is C33H39N3. The van der Waals surface area contributed by atoms with Crippen molar-refractivity contribution in [3.8, 4) is 0 Å². The number of nitrogens with zero attached hydrogens (tertiary/aromatic N) is 3. The van der Waals surface area contributed by atoms with Crippen molar-refractivity contribution < 1.29 is 0 Å². The van der Waals surface area contributed by atoms with Gasteiger partial charge in [-0.1, -0.05) is 114 Å². The van der Waals surface area contributed by atoms with E-state index in [1.165, 1.54) is 28.0 Å². The second-order valence-electron chi connectivity index (χ2n) is 11.8. The summed E-state index contributed by atoms with van der Waals surface area (Å²) in [5.41, 5.74) is 8.38. The van der Waals surface area contributed by atoms with Crippen LogP contribution in [-0.4, -0.2) is 11.4 Å². The summed E-state index contributed by atoms with van der Waals surface area (Å²) in [6, 6.07) is 30.4. The zero-order valence-electron chi connectivity index (χ0n) is 22.6. The molecule has 0 bridgehead atoms. The summed E-state index contributed by atoms with van der Waals surface area (Å²) in [4.78, 5) is 2.44. The molecule has 0 aromatic heterocycles. The Kier molecular flexibility index (Phi) is 7.59. The fourth-order valence-electron chi connectivity index (χ4n) is 4.27. The van der Waals surface area contributed by atoms with E-state index < -0.39 is 0 Å². The average Bonchev–Trinajstić information content (AvgIpc) is 3.09. The van der Waals surface area contributed by atoms with Crippen LogP contribution in [-0.2, 0) is 13.1 Å². The van der Waals surface area contributed by atoms with Gasteiger partial charge in [0.25, 0.3) is 0 Å². The van der Waals surface area contributed by atoms with Crippen molar-refractivity contribution in [3.05, 3.63) is 108 Å². The number of anilines is 1. The number of hydrogen-bond acceptors (Lipinski definition) is 3. The second kappa shape index (κ2) is 10.7. The fourth-order valence-corrected chi connectivity index (χ4v) is 4.27. The van der Waals surface area contributed by atoms with Gasteiger partial charge in [-0.05, 0) is 40.5 Å². The van der Waals surface area contributed by atoms with Crippen LogP contribution in [0.1, 0.15) is 64.7 Å². The Hall–Kier alpha value is -3.46. The summed E-state index contributed by atoms with van der Waals surface area (Å²) < 4.78 is 0. The van der Waals surface area contributed by atoms with Crippen LogP contribution < -0.4 is 4.90 Å². The lowest BCUT2D eigenvalue weighted by Gasteiger charge is -2.26. The Balaban J connectivity index is 1.66. The lowest BCUT2D eigenvalue weighted by molar-refractivity contribution is 0.578. The maximum Gasteiger partial charge on any atom is 0.0686 e. The third-order valence-corrected chi connectivity index (χ3v) is 6.62. The smallest absolute Gasteiger partial charge is 0.0686 e. The molecule has 3 aromatic carbocycles. The summed E-state index contributed by atoms with van der Waals surface area (Å²) in [5, 5.41) is 9.38. The lowest BCUT2D eigenvalue weighted by atomic mass is 9.83. The number of hydrogen-bond donors (Lipinski definition) is 0. The minimum absolute atomic E-state index is 0.0297. The Morgan fingerprint density at radius 2 is 1.17 bits per heavy atom. The first-order valence-corrected chi connectivity index (χ1v) is 12.9. The van der Waals surface area contributed by atoms with E-state index in [0.717, 1.165) is 30.9 Å². The first-order chi connectivity index (χ1) is 17.1. The maximum atomic E-state index is 4.70. The molecule has 3 aromatic rings. The van der Waals surface area contributed by atoms with Crippen LogP contribution in [0.5, 0.6) is 0 Å². The van der Waals surface area contributed by atoms with Crippen molar-refractivity contribution >= 4 is 22.7 Å². The average molecular weight is 478 g/mol. The molecule has 36 heavy (non-hydrogen) atoms. The van der Waals surface area contributed by atoms with Gasteiger partial charge in [0.15, 0.2) is 0 Å². The van der Waals surface area contributed by atoms with Crippen LogP contribution in [0.25, 0.3) is 5.57 Å². The highest BCUT2D eigenvalue weighted by Gasteiger charge is 2.26. The molecule has 4 rings (SSSR count). The van der Waals surface area contributed by atoms with E-state index in [2.05, 4.69) is 143 Å². The van der Waals surface area contributed by atoms with E-state index >= 15 is 0 Å². The molecule has 1 aliphatic heterocycles. The van der Waals surface area contributed by atoms with Gasteiger partial charge in [0, 0.05) is 36.0 Å². The Morgan fingerprint density at radius 1 is 0.639 bits per heavy atom. The quantitative estimate of drug-likeness (QED) is 0.349. The molecular weight excluding hydrogens is 438 g/mol. The third kappa shape index (κ3) is 6.60. The third-order valence-electron chi connectivity index (χ3n) is 6.62. The lowest BCUT2D eigenvalue weighted by Crippen LogP contribution is -2.22. The molecule has 0 amide bonds. The normalized spacial score (nSPS) is 14.4. The highest BCUT2D eigenvalue weighted by Crippen LogP contribution is 2.32. The van der Waals surface area contributed by atoms with Gasteiger partial charge in [0.2, 0.25) is 0 Å². The highest BCUT2D eigenvalue weighted by atomic mass is 15.2. The molecule has 0 fully saturated rings. The molecule has 186 valence electrons. The van der Waals surface area contributed by atoms with Gasteiger partial charge >= 0.3 is 0 Å². The zero-order valence-corrected chi connectivity index (χ0v) is 22.6. The minimum atomic E-state index is -0.0653. The Labute approximate surface area is 217 Å². The van der Waals surface area contributed by atoms with Crippen molar-refractivity contribution in [2.45, 2.75) is 61.1 Å². The first kappa shape index (κ1) is 25.6. The SMILES string of the molecule is CC(C)(C)C1=NN=C(C(C)(C)C)CC(c2ccc(N(Cc3ccccc3)Cc3ccccc3)cc2)=C1. The Bertz CT molecular complexity index is 1190. The van der Waals surface area contributed by atoms with Crippen molar-refractivity contribution in [1.82, 2.24) is 0 Å². The molecule has 3 heteroatoms. The highest BCUT2D eigenvalue weighted by molar-refractivity contribution is 6.09. The van der Waals surface area contributed by atoms with Gasteiger partial charge in [0.05, 0.1) is 11.4 Å². The van der Waals surface area contributed by atoms with Crippen molar-refractivity contribution in [3.63, 3.8) is 0 Å². The van der Waals surface area contributed by atoms with Gasteiger partial charge in [-0.3, -0.25) is 0 Å². The summed E-state index contributed by atoms with van der Waals surface area (Å²) >= 11 is 0. The number of rotatable bonds is 6. The van der Waals surface area contributed by atoms with Crippen LogP contribution >= 0.6 is 0 Å². The molecule has 0 atom stereocenters. The van der Waals surface area contributed by atoms with E-state index in [4.69, 9.17) is 5.10 Å². The predicted molar refractivity (Wildman–Crippen MR) is 156 cm³/mol. The molecule has 0 radical (unpaired) electrons. The molecule has 0 saturated heterocycles. The van der Waals surface area contributed by atoms with Crippen LogP contribution in [0.15, 0.2) is 101 Å². The molecule has 0 N–H and O–H groups in total. The van der Waals surface area contributed by atoms with Gasteiger partial charge < -0.3 is 4.90 Å². The summed E-state index contributed by atoms with van der Waals surface area (Å²) in [6.07, 6.45) is 3.06. The van der Waals surface area contributed by atoms with E-state index in [9.17, 15) is 0 Å². The van der Waals surface area contributed by atoms with Gasteiger partial charge in [-0.15, -0.1) is 0 Å². The second-order valence-corrected chi connectivity index (χ2v) is 11.8. The van der Waals surface area contributed by atoms with Crippen molar-refractivity contribution in [1.29, 1.82) is 0 Å². The molecule has 0 aliphatic carbocycles. The predicted octanol–water partition coefficient (Wildman–Crippen LogP) is 8.57. The summed E-state index contributed by atoms with van der Waals surface area (Å²) in [6.45, 7) is 15.0. The van der Waals surface area contributed by atoms with E-state index in [1.807, 2.05) is 0 Å². The molecule has 0 saturated carbocycles. The van der Waals surface area contributed by atoms with Crippen LogP contribution in [0, 0.1) is 10.8 Å². The van der Waals surface area contributed by atoms with E-state index in [0.29, 0.717) is 0 Å². The number of benzene rings is 3. The van der Waals surface area contributed by atoms with Crippen LogP contribution in [0.3, 0.4) is 0 Å². The van der Waals surface area contributed by atoms with Crippen LogP contribution in [0.4, 0.5) is 5.69 Å². The van der Waals surface area contributed by atoms with Gasteiger partial charge in [-0.2, -0.15) is 10.2 Å². The minimum Gasteiger partial charge on any atom is -0.363 e. The fraction of sp³-hybridized carbons (Fsp3) is 0.333. The Morgan fingerprint density at radius 3 is 1.64 bits per heavy atom. The summed E-state index contributed by atoms with van der Waals surface area (Å²) in [5.74, 6) is 0.